The van der Waals surface area contributed by atoms with Gasteiger partial charge in [-0.3, -0.25) is 0 Å². The molecule has 0 N–H and O–H groups in total. The Bertz CT molecular complexity index is 2700. The molecule has 10 rings (SSSR count). The first-order chi connectivity index (χ1) is 23.3. The summed E-state index contributed by atoms with van der Waals surface area (Å²) in [4.78, 5) is 0. The Labute approximate surface area is 271 Å². The van der Waals surface area contributed by atoms with Gasteiger partial charge in [-0.1, -0.05) is 91.0 Å². The second-order valence-corrected chi connectivity index (χ2v) is 12.3. The molecule has 0 atom stereocenters. The lowest BCUT2D eigenvalue weighted by Gasteiger charge is -2.16. The van der Waals surface area contributed by atoms with Gasteiger partial charge in [0.2, 0.25) is 0 Å². The third-order valence-corrected chi connectivity index (χ3v) is 9.89. The molecule has 0 radical (unpaired) electrons. The zero-order valence-corrected chi connectivity index (χ0v) is 25.4. The highest BCUT2D eigenvalue weighted by Crippen LogP contribution is 2.48. The molecular formula is C43H27N3O. The lowest BCUT2D eigenvalue weighted by atomic mass is 9.91. The first-order valence-corrected chi connectivity index (χ1v) is 16.1. The van der Waals surface area contributed by atoms with E-state index in [1.54, 1.807) is 0 Å². The van der Waals surface area contributed by atoms with E-state index in [2.05, 4.69) is 143 Å². The summed E-state index contributed by atoms with van der Waals surface area (Å²) >= 11 is 0. The van der Waals surface area contributed by atoms with Gasteiger partial charge in [0.1, 0.15) is 5.58 Å². The summed E-state index contributed by atoms with van der Waals surface area (Å²) in [6.45, 7) is 0. The van der Waals surface area contributed by atoms with Crippen LogP contribution in [0.25, 0.3) is 77.6 Å². The number of benzene rings is 6. The molecule has 0 unspecified atom stereocenters. The molecule has 0 aliphatic heterocycles. The van der Waals surface area contributed by atoms with E-state index < -0.39 is 0 Å². The maximum atomic E-state index is 10.1. The molecule has 0 saturated carbocycles. The minimum atomic E-state index is 0.615. The second kappa shape index (κ2) is 9.84. The molecule has 0 fully saturated rings. The third-order valence-electron chi connectivity index (χ3n) is 9.89. The Morgan fingerprint density at radius 3 is 1.87 bits per heavy atom. The molecule has 4 heteroatoms. The fourth-order valence-electron chi connectivity index (χ4n) is 7.91. The Morgan fingerprint density at radius 2 is 1.15 bits per heavy atom. The molecule has 0 saturated heterocycles. The van der Waals surface area contributed by atoms with Crippen LogP contribution in [0, 0.1) is 11.3 Å². The fourth-order valence-corrected chi connectivity index (χ4v) is 7.91. The molecule has 4 nitrogen and oxygen atoms in total. The molecule has 0 amide bonds. The Hall–Kier alpha value is -6.31. The van der Waals surface area contributed by atoms with Crippen molar-refractivity contribution in [2.75, 3.05) is 0 Å². The van der Waals surface area contributed by atoms with Gasteiger partial charge in [-0.15, -0.1) is 0 Å². The van der Waals surface area contributed by atoms with E-state index in [1.165, 1.54) is 32.8 Å². The van der Waals surface area contributed by atoms with Crippen molar-refractivity contribution in [2.45, 2.75) is 12.8 Å². The molecule has 6 aromatic carbocycles. The predicted octanol–water partition coefficient (Wildman–Crippen LogP) is 10.8. The summed E-state index contributed by atoms with van der Waals surface area (Å²) in [5.74, 6) is 0.934. The van der Waals surface area contributed by atoms with E-state index in [1.807, 2.05) is 12.1 Å². The standard InChI is InChI=1S/C43H27N3O/c44-26-27-21-24-40(46-38-19-8-4-13-29(38)30-14-5-9-20-39(30)46)36(25-27)34-17-10-16-33-35-23-22-32-31-15-6-7-18-37(31)45(28-11-2-1-3-12-28)41(32)43(35)47-42(33)34/h1-21,24-25H,22-23H2. The van der Waals surface area contributed by atoms with Crippen molar-refractivity contribution >= 4 is 43.7 Å². The maximum absolute atomic E-state index is 10.1. The SMILES string of the molecule is N#Cc1ccc(-n2c3ccccc3c3ccccc32)c(-c2cccc3c4c(oc23)-c2c(c3ccccc3n2-c2ccccc2)CC4)c1. The van der Waals surface area contributed by atoms with Crippen molar-refractivity contribution < 1.29 is 4.42 Å². The summed E-state index contributed by atoms with van der Waals surface area (Å²) in [5.41, 5.74) is 12.7. The zero-order valence-electron chi connectivity index (χ0n) is 25.4. The molecule has 0 spiro atoms. The van der Waals surface area contributed by atoms with Gasteiger partial charge in [-0.25, -0.2) is 0 Å². The number of aryl methyl sites for hydroxylation is 2. The van der Waals surface area contributed by atoms with Gasteiger partial charge in [-0.2, -0.15) is 5.26 Å². The Balaban J connectivity index is 1.28. The zero-order chi connectivity index (χ0) is 31.1. The molecule has 47 heavy (non-hydrogen) atoms. The highest BCUT2D eigenvalue weighted by Gasteiger charge is 2.31. The molecule has 1 aliphatic rings. The van der Waals surface area contributed by atoms with Gasteiger partial charge in [-0.05, 0) is 66.9 Å². The monoisotopic (exact) mass is 601 g/mol. The maximum Gasteiger partial charge on any atom is 0.155 e. The summed E-state index contributed by atoms with van der Waals surface area (Å²) in [6, 6.07) is 51.2. The van der Waals surface area contributed by atoms with Crippen LogP contribution < -0.4 is 0 Å². The predicted molar refractivity (Wildman–Crippen MR) is 190 cm³/mol. The Morgan fingerprint density at radius 1 is 0.532 bits per heavy atom. The molecule has 0 bridgehead atoms. The lowest BCUT2D eigenvalue weighted by Crippen LogP contribution is -2.04. The highest BCUT2D eigenvalue weighted by atomic mass is 16.3. The number of rotatable bonds is 3. The summed E-state index contributed by atoms with van der Waals surface area (Å²) in [6.07, 6.45) is 1.84. The van der Waals surface area contributed by atoms with Crippen LogP contribution in [0.4, 0.5) is 0 Å². The minimum absolute atomic E-state index is 0.615. The average molecular weight is 602 g/mol. The molecular weight excluding hydrogens is 574 g/mol. The topological polar surface area (TPSA) is 46.8 Å². The van der Waals surface area contributed by atoms with Gasteiger partial charge < -0.3 is 13.6 Å². The van der Waals surface area contributed by atoms with E-state index in [9.17, 15) is 5.26 Å². The van der Waals surface area contributed by atoms with Gasteiger partial charge in [0.25, 0.3) is 0 Å². The van der Waals surface area contributed by atoms with Gasteiger partial charge >= 0.3 is 0 Å². The van der Waals surface area contributed by atoms with Crippen LogP contribution in [-0.2, 0) is 12.8 Å². The number of furan rings is 1. The van der Waals surface area contributed by atoms with Crippen LogP contribution in [0.2, 0.25) is 0 Å². The van der Waals surface area contributed by atoms with Crippen LogP contribution in [0.1, 0.15) is 16.7 Å². The van der Waals surface area contributed by atoms with E-state index in [-0.39, 0.29) is 0 Å². The van der Waals surface area contributed by atoms with E-state index in [4.69, 9.17) is 4.42 Å². The summed E-state index contributed by atoms with van der Waals surface area (Å²) in [5, 5.41) is 14.9. The molecule has 220 valence electrons. The van der Waals surface area contributed by atoms with E-state index in [0.717, 1.165) is 68.8 Å². The van der Waals surface area contributed by atoms with Gasteiger partial charge in [0.15, 0.2) is 5.76 Å². The number of para-hydroxylation sites is 5. The number of nitriles is 1. The molecule has 9 aromatic rings. The fraction of sp³-hybridized carbons (Fsp3) is 0.0465. The van der Waals surface area contributed by atoms with Crippen molar-refractivity contribution in [3.05, 3.63) is 156 Å². The first kappa shape index (κ1) is 26.0. The number of hydrogen-bond donors (Lipinski definition) is 0. The number of nitrogens with zero attached hydrogens (tertiary/aromatic N) is 3. The van der Waals surface area contributed by atoms with Crippen molar-refractivity contribution in [1.29, 1.82) is 5.26 Å². The van der Waals surface area contributed by atoms with Crippen LogP contribution in [0.5, 0.6) is 0 Å². The highest BCUT2D eigenvalue weighted by molar-refractivity contribution is 6.10. The van der Waals surface area contributed by atoms with Crippen molar-refractivity contribution in [2.24, 2.45) is 0 Å². The Kier molecular flexibility index (Phi) is 5.44. The van der Waals surface area contributed by atoms with Crippen molar-refractivity contribution in [3.63, 3.8) is 0 Å². The number of fused-ring (bicyclic) bond motifs is 10. The first-order valence-electron chi connectivity index (χ1n) is 16.1. The molecule has 3 aromatic heterocycles. The van der Waals surface area contributed by atoms with Crippen LogP contribution in [0.15, 0.2) is 144 Å². The van der Waals surface area contributed by atoms with Crippen LogP contribution in [0.3, 0.4) is 0 Å². The quantitative estimate of drug-likeness (QED) is 0.202. The lowest BCUT2D eigenvalue weighted by molar-refractivity contribution is 0.617. The van der Waals surface area contributed by atoms with Crippen molar-refractivity contribution in [3.8, 4) is 40.0 Å². The number of aromatic nitrogens is 2. The summed E-state index contributed by atoms with van der Waals surface area (Å²) in [7, 11) is 0. The largest absolute Gasteiger partial charge is 0.454 e. The van der Waals surface area contributed by atoms with Crippen LogP contribution in [-0.4, -0.2) is 9.13 Å². The normalized spacial score (nSPS) is 12.5. The van der Waals surface area contributed by atoms with Gasteiger partial charge in [0.05, 0.1) is 39.6 Å². The second-order valence-electron chi connectivity index (χ2n) is 12.3. The number of hydrogen-bond acceptors (Lipinski definition) is 2. The molecule has 1 aliphatic carbocycles. The van der Waals surface area contributed by atoms with E-state index >= 15 is 0 Å². The smallest absolute Gasteiger partial charge is 0.155 e. The third kappa shape index (κ3) is 3.63. The van der Waals surface area contributed by atoms with Crippen LogP contribution >= 0.6 is 0 Å². The summed E-state index contributed by atoms with van der Waals surface area (Å²) < 4.78 is 11.8. The van der Waals surface area contributed by atoms with Crippen molar-refractivity contribution in [1.82, 2.24) is 9.13 Å². The average Bonchev–Trinajstić information content (AvgIpc) is 3.80. The van der Waals surface area contributed by atoms with E-state index in [0.29, 0.717) is 5.56 Å². The minimum Gasteiger partial charge on any atom is -0.454 e. The molecule has 3 heterocycles. The van der Waals surface area contributed by atoms with Gasteiger partial charge in [0, 0.05) is 43.9 Å².